The molecule has 0 amide bonds. The van der Waals surface area contributed by atoms with Crippen LogP contribution in [0.15, 0.2) is 12.2 Å². The van der Waals surface area contributed by atoms with Crippen LogP contribution < -0.4 is 0 Å². The quantitative estimate of drug-likeness (QED) is 0.496. The van der Waals surface area contributed by atoms with Gasteiger partial charge in [0.05, 0.1) is 0 Å². The molecule has 0 aromatic heterocycles. The molecule has 0 aromatic rings. The van der Waals surface area contributed by atoms with Crippen LogP contribution in [0.5, 0.6) is 0 Å². The first-order valence-electron chi connectivity index (χ1n) is 4.01. The molecule has 0 fully saturated rings. The van der Waals surface area contributed by atoms with Gasteiger partial charge in [0.15, 0.2) is 0 Å². The molecule has 0 nitrogen and oxygen atoms in total. The van der Waals surface area contributed by atoms with E-state index < -0.39 is 0 Å². The Balaban J connectivity index is 2.33. The summed E-state index contributed by atoms with van der Waals surface area (Å²) < 4.78 is 0. The average Bonchev–Trinajstić information content (AvgIpc) is 2.37. The summed E-state index contributed by atoms with van der Waals surface area (Å²) in [4.78, 5) is 0. The van der Waals surface area contributed by atoms with Gasteiger partial charge in [-0.05, 0) is 24.7 Å². The SMILES string of the molecule is CC[C@@H](C)[C@@H]1C=CCC1. The number of hydrogen-bond donors (Lipinski definition) is 0. The van der Waals surface area contributed by atoms with Crippen LogP contribution in [0.1, 0.15) is 33.1 Å². The topological polar surface area (TPSA) is 0 Å². The summed E-state index contributed by atoms with van der Waals surface area (Å²) in [6, 6.07) is 0. The molecule has 1 aliphatic carbocycles. The predicted molar refractivity (Wildman–Crippen MR) is 41.3 cm³/mol. The molecule has 0 N–H and O–H groups in total. The molecule has 1 aliphatic rings. The largest absolute Gasteiger partial charge is 0.0882 e. The molecule has 1 rings (SSSR count). The Morgan fingerprint density at radius 2 is 2.44 bits per heavy atom. The van der Waals surface area contributed by atoms with E-state index in [0.29, 0.717) is 0 Å². The number of allylic oxidation sites excluding steroid dienone is 2. The van der Waals surface area contributed by atoms with E-state index in [1.54, 1.807) is 0 Å². The van der Waals surface area contributed by atoms with Crippen molar-refractivity contribution in [1.82, 2.24) is 0 Å². The molecule has 0 saturated carbocycles. The smallest absolute Gasteiger partial charge is 0.0205 e. The lowest BCUT2D eigenvalue weighted by Gasteiger charge is -2.14. The zero-order valence-corrected chi connectivity index (χ0v) is 6.43. The Labute approximate surface area is 58.0 Å². The van der Waals surface area contributed by atoms with Gasteiger partial charge >= 0.3 is 0 Å². The van der Waals surface area contributed by atoms with E-state index in [4.69, 9.17) is 0 Å². The molecule has 0 saturated heterocycles. The van der Waals surface area contributed by atoms with Crippen molar-refractivity contribution in [2.24, 2.45) is 11.8 Å². The molecule has 9 heavy (non-hydrogen) atoms. The standard InChI is InChI=1S/C9H16/c1-3-8(2)9-6-4-5-7-9/h4,6,8-9H,3,5,7H2,1-2H3/t8-,9-/m1/s1. The van der Waals surface area contributed by atoms with Crippen molar-refractivity contribution in [1.29, 1.82) is 0 Å². The van der Waals surface area contributed by atoms with Crippen molar-refractivity contribution in [3.63, 3.8) is 0 Å². The molecule has 2 atom stereocenters. The Kier molecular flexibility index (Phi) is 2.32. The third-order valence-electron chi connectivity index (χ3n) is 2.42. The van der Waals surface area contributed by atoms with Gasteiger partial charge < -0.3 is 0 Å². The normalized spacial score (nSPS) is 28.9. The highest BCUT2D eigenvalue weighted by Crippen LogP contribution is 2.26. The predicted octanol–water partition coefficient (Wildman–Crippen LogP) is 3.00. The van der Waals surface area contributed by atoms with E-state index in [0.717, 1.165) is 11.8 Å². The Morgan fingerprint density at radius 3 is 2.89 bits per heavy atom. The summed E-state index contributed by atoms with van der Waals surface area (Å²) in [6.45, 7) is 4.62. The van der Waals surface area contributed by atoms with E-state index in [-0.39, 0.29) is 0 Å². The lowest BCUT2D eigenvalue weighted by atomic mass is 9.92. The molecular formula is C9H16. The molecule has 52 valence electrons. The summed E-state index contributed by atoms with van der Waals surface area (Å²) in [7, 11) is 0. The molecule has 0 bridgehead atoms. The maximum absolute atomic E-state index is 2.38. The van der Waals surface area contributed by atoms with Gasteiger partial charge in [-0.15, -0.1) is 0 Å². The minimum absolute atomic E-state index is 0.898. The van der Waals surface area contributed by atoms with Gasteiger partial charge in [-0.3, -0.25) is 0 Å². The van der Waals surface area contributed by atoms with Crippen LogP contribution in [-0.4, -0.2) is 0 Å². The molecular weight excluding hydrogens is 108 g/mol. The van der Waals surface area contributed by atoms with Crippen LogP contribution in [0, 0.1) is 11.8 Å². The van der Waals surface area contributed by atoms with Crippen LogP contribution in [0.4, 0.5) is 0 Å². The minimum atomic E-state index is 0.898. The van der Waals surface area contributed by atoms with E-state index >= 15 is 0 Å². The van der Waals surface area contributed by atoms with Crippen LogP contribution in [0.25, 0.3) is 0 Å². The second-order valence-corrected chi connectivity index (χ2v) is 3.05. The molecule has 0 radical (unpaired) electrons. The average molecular weight is 124 g/mol. The molecule has 0 heterocycles. The second kappa shape index (κ2) is 3.05. The van der Waals surface area contributed by atoms with E-state index in [9.17, 15) is 0 Å². The molecule has 0 heteroatoms. The van der Waals surface area contributed by atoms with Gasteiger partial charge in [-0.2, -0.15) is 0 Å². The van der Waals surface area contributed by atoms with Crippen molar-refractivity contribution in [3.8, 4) is 0 Å². The first-order chi connectivity index (χ1) is 4.34. The summed E-state index contributed by atoms with van der Waals surface area (Å²) >= 11 is 0. The molecule has 0 aliphatic heterocycles. The Morgan fingerprint density at radius 1 is 1.67 bits per heavy atom. The zero-order chi connectivity index (χ0) is 6.69. The van der Waals surface area contributed by atoms with Crippen molar-refractivity contribution in [3.05, 3.63) is 12.2 Å². The number of hydrogen-bond acceptors (Lipinski definition) is 0. The minimum Gasteiger partial charge on any atom is -0.0882 e. The highest BCUT2D eigenvalue weighted by molar-refractivity contribution is 4.97. The summed E-state index contributed by atoms with van der Waals surface area (Å²) in [5.74, 6) is 1.80. The van der Waals surface area contributed by atoms with Gasteiger partial charge in [-0.25, -0.2) is 0 Å². The third kappa shape index (κ3) is 1.57. The fourth-order valence-electron chi connectivity index (χ4n) is 1.43. The van der Waals surface area contributed by atoms with Crippen molar-refractivity contribution >= 4 is 0 Å². The number of rotatable bonds is 2. The van der Waals surface area contributed by atoms with Gasteiger partial charge in [0.2, 0.25) is 0 Å². The van der Waals surface area contributed by atoms with Crippen molar-refractivity contribution in [2.75, 3.05) is 0 Å². The maximum Gasteiger partial charge on any atom is -0.0205 e. The highest BCUT2D eigenvalue weighted by Gasteiger charge is 2.14. The summed E-state index contributed by atoms with van der Waals surface area (Å²) in [5, 5.41) is 0. The van der Waals surface area contributed by atoms with E-state index in [2.05, 4.69) is 26.0 Å². The fraction of sp³-hybridized carbons (Fsp3) is 0.778. The van der Waals surface area contributed by atoms with Gasteiger partial charge in [0.1, 0.15) is 0 Å². The van der Waals surface area contributed by atoms with Gasteiger partial charge in [0, 0.05) is 0 Å². The lowest BCUT2D eigenvalue weighted by Crippen LogP contribution is -2.04. The Hall–Kier alpha value is -0.260. The molecule has 0 aromatic carbocycles. The van der Waals surface area contributed by atoms with Gasteiger partial charge in [0.25, 0.3) is 0 Å². The van der Waals surface area contributed by atoms with Crippen LogP contribution in [0.2, 0.25) is 0 Å². The zero-order valence-electron chi connectivity index (χ0n) is 6.43. The van der Waals surface area contributed by atoms with Gasteiger partial charge in [-0.1, -0.05) is 32.4 Å². The summed E-state index contributed by atoms with van der Waals surface area (Å²) in [5.41, 5.74) is 0. The maximum atomic E-state index is 2.38. The molecule has 0 spiro atoms. The van der Waals surface area contributed by atoms with Crippen LogP contribution >= 0.6 is 0 Å². The monoisotopic (exact) mass is 124 g/mol. The highest BCUT2D eigenvalue weighted by atomic mass is 14.2. The first-order valence-corrected chi connectivity index (χ1v) is 4.01. The van der Waals surface area contributed by atoms with E-state index in [1.165, 1.54) is 19.3 Å². The summed E-state index contributed by atoms with van der Waals surface area (Å²) in [6.07, 6.45) is 8.74. The van der Waals surface area contributed by atoms with E-state index in [1.807, 2.05) is 0 Å². The fourth-order valence-corrected chi connectivity index (χ4v) is 1.43. The lowest BCUT2D eigenvalue weighted by molar-refractivity contribution is 0.411. The van der Waals surface area contributed by atoms with Crippen LogP contribution in [0.3, 0.4) is 0 Å². The molecule has 0 unspecified atom stereocenters. The van der Waals surface area contributed by atoms with Crippen molar-refractivity contribution < 1.29 is 0 Å². The van der Waals surface area contributed by atoms with Crippen molar-refractivity contribution in [2.45, 2.75) is 33.1 Å². The first kappa shape index (κ1) is 6.85. The second-order valence-electron chi connectivity index (χ2n) is 3.05. The van der Waals surface area contributed by atoms with Crippen LogP contribution in [-0.2, 0) is 0 Å². The Bertz CT molecular complexity index is 103. The third-order valence-corrected chi connectivity index (χ3v) is 2.42.